The van der Waals surface area contributed by atoms with E-state index in [1.807, 2.05) is 32.0 Å². The Kier molecular flexibility index (Phi) is 2.08. The molecule has 3 N–H and O–H groups in total. The van der Waals surface area contributed by atoms with E-state index in [-0.39, 0.29) is 5.41 Å². The van der Waals surface area contributed by atoms with Gasteiger partial charge in [-0.05, 0) is 24.1 Å². The van der Waals surface area contributed by atoms with Crippen LogP contribution in [0.3, 0.4) is 0 Å². The van der Waals surface area contributed by atoms with Crippen molar-refractivity contribution in [2.45, 2.75) is 32.4 Å². The Labute approximate surface area is 89.6 Å². The van der Waals surface area contributed by atoms with Gasteiger partial charge in [0.25, 0.3) is 0 Å². The second-order valence-corrected chi connectivity index (χ2v) is 4.65. The molecule has 1 aliphatic heterocycles. The summed E-state index contributed by atoms with van der Waals surface area (Å²) in [6.45, 7) is 5.78. The molecule has 0 bridgehead atoms. The summed E-state index contributed by atoms with van der Waals surface area (Å²) >= 11 is 0. The van der Waals surface area contributed by atoms with Crippen LogP contribution in [0.5, 0.6) is 0 Å². The summed E-state index contributed by atoms with van der Waals surface area (Å²) in [6.07, 6.45) is -0.547. The number of fused-ring (bicyclic) bond motifs is 1. The maximum absolute atomic E-state index is 9.84. The number of hydrogen-bond donors (Lipinski definition) is 3. The third kappa shape index (κ3) is 1.43. The molecule has 1 unspecified atom stereocenters. The summed E-state index contributed by atoms with van der Waals surface area (Å²) in [5.74, 6) is 0. The Morgan fingerprint density at radius 2 is 2.13 bits per heavy atom. The lowest BCUT2D eigenvalue weighted by atomic mass is 9.85. The van der Waals surface area contributed by atoms with Crippen LogP contribution in [0.15, 0.2) is 18.2 Å². The smallest absolute Gasteiger partial charge is 0.133 e. The van der Waals surface area contributed by atoms with E-state index in [9.17, 15) is 5.11 Å². The normalized spacial score (nSPS) is 22.0. The van der Waals surface area contributed by atoms with Gasteiger partial charge in [-0.1, -0.05) is 26.0 Å². The summed E-state index contributed by atoms with van der Waals surface area (Å²) in [7, 11) is 0. The minimum Gasteiger partial charge on any atom is -0.373 e. The molecule has 3 nitrogen and oxygen atoms in total. The largest absolute Gasteiger partial charge is 0.373 e. The van der Waals surface area contributed by atoms with E-state index in [2.05, 4.69) is 5.32 Å². The molecule has 0 aromatic heterocycles. The van der Waals surface area contributed by atoms with Crippen LogP contribution in [-0.4, -0.2) is 17.0 Å². The maximum Gasteiger partial charge on any atom is 0.133 e. The summed E-state index contributed by atoms with van der Waals surface area (Å²) < 4.78 is 0. The average Bonchev–Trinajstić information content (AvgIpc) is 2.38. The molecule has 3 heteroatoms. The molecule has 0 saturated carbocycles. The SMILES string of the molecule is CC(=N)c1ccc2c(c1)NC(O)C2(C)C. The molecule has 0 fully saturated rings. The standard InChI is InChI=1S/C12H16N2O/c1-7(13)8-4-5-9-10(6-8)14-11(15)12(9,2)3/h4-6,11,13-15H,1-3H3. The fourth-order valence-electron chi connectivity index (χ4n) is 1.93. The Morgan fingerprint density at radius 1 is 1.47 bits per heavy atom. The van der Waals surface area contributed by atoms with Gasteiger partial charge in [-0.3, -0.25) is 0 Å². The first kappa shape index (κ1) is 10.2. The Morgan fingerprint density at radius 3 is 2.73 bits per heavy atom. The van der Waals surface area contributed by atoms with Gasteiger partial charge in [-0.25, -0.2) is 0 Å². The van der Waals surface area contributed by atoms with Crippen LogP contribution in [0.1, 0.15) is 31.9 Å². The number of hydrogen-bond acceptors (Lipinski definition) is 3. The van der Waals surface area contributed by atoms with Gasteiger partial charge in [-0.15, -0.1) is 0 Å². The number of aliphatic hydroxyl groups excluding tert-OH is 1. The maximum atomic E-state index is 9.84. The van der Waals surface area contributed by atoms with Crippen molar-refractivity contribution in [3.05, 3.63) is 29.3 Å². The van der Waals surface area contributed by atoms with Crippen molar-refractivity contribution >= 4 is 11.4 Å². The van der Waals surface area contributed by atoms with Gasteiger partial charge in [0.2, 0.25) is 0 Å². The second kappa shape index (κ2) is 3.07. The minimum absolute atomic E-state index is 0.260. The van der Waals surface area contributed by atoms with Crippen molar-refractivity contribution in [2.75, 3.05) is 5.32 Å². The number of aliphatic hydroxyl groups is 1. The van der Waals surface area contributed by atoms with Crippen molar-refractivity contribution in [3.8, 4) is 0 Å². The van der Waals surface area contributed by atoms with Gasteiger partial charge in [0, 0.05) is 16.8 Å². The van der Waals surface area contributed by atoms with Gasteiger partial charge in [0.05, 0.1) is 0 Å². The summed E-state index contributed by atoms with van der Waals surface area (Å²) in [5.41, 5.74) is 3.23. The highest BCUT2D eigenvalue weighted by Crippen LogP contribution is 2.39. The van der Waals surface area contributed by atoms with Gasteiger partial charge in [-0.2, -0.15) is 0 Å². The fourth-order valence-corrected chi connectivity index (χ4v) is 1.93. The molecule has 1 aliphatic rings. The number of rotatable bonds is 1. The topological polar surface area (TPSA) is 56.1 Å². The zero-order valence-corrected chi connectivity index (χ0v) is 9.26. The molecule has 1 heterocycles. The predicted octanol–water partition coefficient (Wildman–Crippen LogP) is 2.10. The van der Waals surface area contributed by atoms with Crippen LogP contribution in [0.4, 0.5) is 5.69 Å². The molecule has 1 aromatic rings. The Hall–Kier alpha value is -1.35. The lowest BCUT2D eigenvalue weighted by molar-refractivity contribution is 0.137. The van der Waals surface area contributed by atoms with Crippen LogP contribution in [0.25, 0.3) is 0 Å². The highest BCUT2D eigenvalue weighted by atomic mass is 16.3. The second-order valence-electron chi connectivity index (χ2n) is 4.65. The molecule has 0 spiro atoms. The molecular weight excluding hydrogens is 188 g/mol. The van der Waals surface area contributed by atoms with E-state index >= 15 is 0 Å². The van der Waals surface area contributed by atoms with Gasteiger partial charge in [0.15, 0.2) is 0 Å². The van der Waals surface area contributed by atoms with Crippen molar-refractivity contribution in [2.24, 2.45) is 0 Å². The number of anilines is 1. The van der Waals surface area contributed by atoms with E-state index in [0.717, 1.165) is 16.8 Å². The number of nitrogens with one attached hydrogen (secondary N) is 2. The molecule has 0 aliphatic carbocycles. The molecule has 80 valence electrons. The molecule has 0 radical (unpaired) electrons. The van der Waals surface area contributed by atoms with E-state index in [0.29, 0.717) is 5.71 Å². The van der Waals surface area contributed by atoms with Gasteiger partial charge >= 0.3 is 0 Å². The predicted molar refractivity (Wildman–Crippen MR) is 61.6 cm³/mol. The fraction of sp³-hybridized carbons (Fsp3) is 0.417. The molecule has 1 aromatic carbocycles. The minimum atomic E-state index is -0.547. The van der Waals surface area contributed by atoms with Crippen LogP contribution < -0.4 is 5.32 Å². The van der Waals surface area contributed by atoms with Gasteiger partial charge < -0.3 is 15.8 Å². The monoisotopic (exact) mass is 204 g/mol. The molecule has 2 rings (SSSR count). The Balaban J connectivity index is 2.51. The van der Waals surface area contributed by atoms with Crippen molar-refractivity contribution in [1.82, 2.24) is 0 Å². The quantitative estimate of drug-likeness (QED) is 0.613. The molecule has 0 amide bonds. The van der Waals surface area contributed by atoms with Crippen molar-refractivity contribution < 1.29 is 5.11 Å². The molecular formula is C12H16N2O. The first-order valence-electron chi connectivity index (χ1n) is 5.07. The van der Waals surface area contributed by atoms with E-state index in [1.165, 1.54) is 0 Å². The lowest BCUT2D eigenvalue weighted by Crippen LogP contribution is -2.32. The van der Waals surface area contributed by atoms with Crippen molar-refractivity contribution in [3.63, 3.8) is 0 Å². The zero-order chi connectivity index (χ0) is 11.2. The van der Waals surface area contributed by atoms with Crippen LogP contribution in [-0.2, 0) is 5.41 Å². The first-order valence-corrected chi connectivity index (χ1v) is 5.07. The van der Waals surface area contributed by atoms with Crippen molar-refractivity contribution in [1.29, 1.82) is 5.41 Å². The number of benzene rings is 1. The third-order valence-electron chi connectivity index (χ3n) is 3.12. The third-order valence-corrected chi connectivity index (χ3v) is 3.12. The van der Waals surface area contributed by atoms with Crippen LogP contribution in [0.2, 0.25) is 0 Å². The molecule has 15 heavy (non-hydrogen) atoms. The summed E-state index contributed by atoms with van der Waals surface area (Å²) in [6, 6.07) is 5.85. The highest BCUT2D eigenvalue weighted by Gasteiger charge is 2.38. The zero-order valence-electron chi connectivity index (χ0n) is 9.26. The summed E-state index contributed by atoms with van der Waals surface area (Å²) in [5, 5.41) is 20.4. The lowest BCUT2D eigenvalue weighted by Gasteiger charge is -2.22. The van der Waals surface area contributed by atoms with Crippen LogP contribution in [0, 0.1) is 5.41 Å². The Bertz CT molecular complexity index is 424. The molecule has 0 saturated heterocycles. The van der Waals surface area contributed by atoms with E-state index in [1.54, 1.807) is 6.92 Å². The van der Waals surface area contributed by atoms with E-state index < -0.39 is 6.23 Å². The van der Waals surface area contributed by atoms with Gasteiger partial charge in [0.1, 0.15) is 6.23 Å². The van der Waals surface area contributed by atoms with E-state index in [4.69, 9.17) is 5.41 Å². The average molecular weight is 204 g/mol. The van der Waals surface area contributed by atoms with Crippen LogP contribution >= 0.6 is 0 Å². The first-order chi connectivity index (χ1) is 6.93. The molecule has 1 atom stereocenters. The highest BCUT2D eigenvalue weighted by molar-refractivity contribution is 5.97. The summed E-state index contributed by atoms with van der Waals surface area (Å²) in [4.78, 5) is 0.